The molecule has 0 saturated heterocycles. The van der Waals surface area contributed by atoms with Crippen molar-refractivity contribution >= 4 is 34.9 Å². The fourth-order valence-corrected chi connectivity index (χ4v) is 2.45. The maximum Gasteiger partial charge on any atom is 0.343 e. The van der Waals surface area contributed by atoms with Crippen molar-refractivity contribution in [3.8, 4) is 0 Å². The molecule has 1 saturated carbocycles. The number of benzene rings is 1. The van der Waals surface area contributed by atoms with Gasteiger partial charge in [-0.2, -0.15) is 0 Å². The molecule has 0 aromatic heterocycles. The minimum Gasteiger partial charge on any atom is -0.306 e. The van der Waals surface area contributed by atoms with Crippen LogP contribution in [0.25, 0.3) is 0 Å². The molecule has 0 radical (unpaired) electrons. The Morgan fingerprint density at radius 3 is 2.39 bits per heavy atom. The topological polar surface area (TPSA) is 50.4 Å². The molecule has 18 heavy (non-hydrogen) atoms. The van der Waals surface area contributed by atoms with Crippen LogP contribution in [0.1, 0.15) is 25.7 Å². The highest BCUT2D eigenvalue weighted by atomic mass is 35.5. The second kappa shape index (κ2) is 6.27. The summed E-state index contributed by atoms with van der Waals surface area (Å²) in [6.45, 7) is 0. The highest BCUT2D eigenvalue weighted by molar-refractivity contribution is 6.35. The molecule has 98 valence electrons. The number of hydrogen-bond donors (Lipinski definition) is 2. The smallest absolute Gasteiger partial charge is 0.306 e. The van der Waals surface area contributed by atoms with Crippen LogP contribution in [-0.4, -0.2) is 12.1 Å². The van der Waals surface area contributed by atoms with Crippen LogP contribution in [0.2, 0.25) is 10.0 Å². The van der Waals surface area contributed by atoms with E-state index in [1.807, 2.05) is 0 Å². The molecule has 2 N–H and O–H groups in total. The summed E-state index contributed by atoms with van der Waals surface area (Å²) in [6.07, 6.45) is 4.40. The van der Waals surface area contributed by atoms with E-state index in [4.69, 9.17) is 28.0 Å². The zero-order valence-electron chi connectivity index (χ0n) is 9.71. The second-order valence-corrected chi connectivity index (χ2v) is 5.11. The molecule has 0 unspecified atom stereocenters. The molecule has 0 heterocycles. The summed E-state index contributed by atoms with van der Waals surface area (Å²) in [4.78, 5) is 16.8. The average Bonchev–Trinajstić information content (AvgIpc) is 2.77. The van der Waals surface area contributed by atoms with Gasteiger partial charge in [-0.1, -0.05) is 36.0 Å². The van der Waals surface area contributed by atoms with E-state index in [9.17, 15) is 4.79 Å². The number of halogens is 2. The van der Waals surface area contributed by atoms with Gasteiger partial charge >= 0.3 is 6.03 Å². The average molecular weight is 289 g/mol. The normalized spacial score (nSPS) is 15.7. The Morgan fingerprint density at radius 1 is 1.17 bits per heavy atom. The summed E-state index contributed by atoms with van der Waals surface area (Å²) in [7, 11) is 0. The molecule has 1 aromatic carbocycles. The van der Waals surface area contributed by atoms with Gasteiger partial charge in [-0.25, -0.2) is 10.3 Å². The zero-order chi connectivity index (χ0) is 13.0. The van der Waals surface area contributed by atoms with Crippen LogP contribution in [0, 0.1) is 0 Å². The van der Waals surface area contributed by atoms with Crippen molar-refractivity contribution < 1.29 is 9.63 Å². The Morgan fingerprint density at radius 2 is 1.78 bits per heavy atom. The lowest BCUT2D eigenvalue weighted by molar-refractivity contribution is 0.00336. The Labute approximate surface area is 116 Å². The summed E-state index contributed by atoms with van der Waals surface area (Å²) in [5, 5.41) is 3.54. The van der Waals surface area contributed by atoms with Crippen molar-refractivity contribution in [1.82, 2.24) is 5.48 Å². The third-order valence-corrected chi connectivity index (χ3v) is 3.18. The van der Waals surface area contributed by atoms with Crippen molar-refractivity contribution in [2.75, 3.05) is 5.32 Å². The van der Waals surface area contributed by atoms with Crippen LogP contribution in [0.4, 0.5) is 10.5 Å². The molecule has 2 amide bonds. The predicted molar refractivity (Wildman–Crippen MR) is 72.0 cm³/mol. The van der Waals surface area contributed by atoms with E-state index >= 15 is 0 Å². The first-order valence-electron chi connectivity index (χ1n) is 5.82. The first kappa shape index (κ1) is 13.5. The van der Waals surface area contributed by atoms with Gasteiger partial charge in [0.2, 0.25) is 0 Å². The molecule has 0 bridgehead atoms. The van der Waals surface area contributed by atoms with Gasteiger partial charge in [-0.05, 0) is 31.0 Å². The van der Waals surface area contributed by atoms with Gasteiger partial charge < -0.3 is 5.32 Å². The number of anilines is 1. The van der Waals surface area contributed by atoms with Crippen molar-refractivity contribution in [3.05, 3.63) is 28.2 Å². The molecular formula is C12H14Cl2N2O2. The van der Waals surface area contributed by atoms with Crippen LogP contribution >= 0.6 is 23.2 Å². The minimum absolute atomic E-state index is 0.124. The van der Waals surface area contributed by atoms with Crippen molar-refractivity contribution in [2.24, 2.45) is 0 Å². The number of rotatable bonds is 3. The number of nitrogens with one attached hydrogen (secondary N) is 2. The van der Waals surface area contributed by atoms with Crippen molar-refractivity contribution in [3.63, 3.8) is 0 Å². The first-order chi connectivity index (χ1) is 8.63. The third-order valence-electron chi connectivity index (χ3n) is 2.74. The van der Waals surface area contributed by atoms with E-state index in [-0.39, 0.29) is 6.10 Å². The van der Waals surface area contributed by atoms with Crippen LogP contribution in [0.5, 0.6) is 0 Å². The summed E-state index contributed by atoms with van der Waals surface area (Å²) < 4.78 is 0. The molecule has 1 fully saturated rings. The number of amides is 2. The number of hydrogen-bond acceptors (Lipinski definition) is 2. The molecule has 0 aliphatic heterocycles. The number of hydroxylamine groups is 1. The van der Waals surface area contributed by atoms with E-state index in [0.717, 1.165) is 25.7 Å². The minimum atomic E-state index is -0.430. The Balaban J connectivity index is 1.82. The summed E-state index contributed by atoms with van der Waals surface area (Å²) in [5.41, 5.74) is 2.90. The van der Waals surface area contributed by atoms with E-state index in [1.165, 1.54) is 0 Å². The van der Waals surface area contributed by atoms with Crippen LogP contribution < -0.4 is 10.8 Å². The standard InChI is InChI=1S/C12H14Cl2N2O2/c13-8-5-9(14)7-10(6-8)15-12(17)16-18-11-3-1-2-4-11/h5-7,11H,1-4H2,(H2,15,16,17). The van der Waals surface area contributed by atoms with Gasteiger partial charge in [0, 0.05) is 15.7 Å². The molecule has 2 rings (SSSR count). The van der Waals surface area contributed by atoms with Crippen molar-refractivity contribution in [1.29, 1.82) is 0 Å². The summed E-state index contributed by atoms with van der Waals surface area (Å²) in [6, 6.07) is 4.40. The molecule has 1 aliphatic carbocycles. The number of carbonyl (C=O) groups excluding carboxylic acids is 1. The Bertz CT molecular complexity index is 414. The fourth-order valence-electron chi connectivity index (χ4n) is 1.93. The highest BCUT2D eigenvalue weighted by Crippen LogP contribution is 2.22. The molecule has 0 spiro atoms. The lowest BCUT2D eigenvalue weighted by Crippen LogP contribution is -2.32. The van der Waals surface area contributed by atoms with Gasteiger partial charge in [-0.3, -0.25) is 4.84 Å². The lowest BCUT2D eigenvalue weighted by atomic mass is 10.3. The second-order valence-electron chi connectivity index (χ2n) is 4.24. The van der Waals surface area contributed by atoms with Crippen LogP contribution in [0.15, 0.2) is 18.2 Å². The summed E-state index contributed by atoms with van der Waals surface area (Å²) >= 11 is 11.7. The molecule has 0 atom stereocenters. The fraction of sp³-hybridized carbons (Fsp3) is 0.417. The van der Waals surface area contributed by atoms with Crippen LogP contribution in [-0.2, 0) is 4.84 Å². The van der Waals surface area contributed by atoms with E-state index in [0.29, 0.717) is 15.7 Å². The Hall–Kier alpha value is -0.970. The van der Waals surface area contributed by atoms with Gasteiger partial charge in [0.15, 0.2) is 0 Å². The van der Waals surface area contributed by atoms with E-state index in [1.54, 1.807) is 18.2 Å². The van der Waals surface area contributed by atoms with Gasteiger partial charge in [0.05, 0.1) is 6.10 Å². The van der Waals surface area contributed by atoms with E-state index in [2.05, 4.69) is 10.8 Å². The highest BCUT2D eigenvalue weighted by Gasteiger charge is 2.16. The van der Waals surface area contributed by atoms with Crippen molar-refractivity contribution in [2.45, 2.75) is 31.8 Å². The monoisotopic (exact) mass is 288 g/mol. The lowest BCUT2D eigenvalue weighted by Gasteiger charge is -2.12. The summed E-state index contributed by atoms with van der Waals surface area (Å²) in [5.74, 6) is 0. The molecule has 1 aliphatic rings. The molecule has 6 heteroatoms. The zero-order valence-corrected chi connectivity index (χ0v) is 11.2. The predicted octanol–water partition coefficient (Wildman–Crippen LogP) is 3.99. The number of urea groups is 1. The maximum atomic E-state index is 11.6. The molecule has 4 nitrogen and oxygen atoms in total. The van der Waals surface area contributed by atoms with Gasteiger partial charge in [0.25, 0.3) is 0 Å². The molecular weight excluding hydrogens is 275 g/mol. The molecule has 1 aromatic rings. The van der Waals surface area contributed by atoms with Gasteiger partial charge in [-0.15, -0.1) is 0 Å². The first-order valence-corrected chi connectivity index (χ1v) is 6.58. The third kappa shape index (κ3) is 4.05. The van der Waals surface area contributed by atoms with E-state index < -0.39 is 6.03 Å². The van der Waals surface area contributed by atoms with Crippen LogP contribution in [0.3, 0.4) is 0 Å². The van der Waals surface area contributed by atoms with Gasteiger partial charge in [0.1, 0.15) is 0 Å². The SMILES string of the molecule is O=C(NOC1CCCC1)Nc1cc(Cl)cc(Cl)c1. The quantitative estimate of drug-likeness (QED) is 0.827. The maximum absolute atomic E-state index is 11.6. The number of carbonyl (C=O) groups is 1. The largest absolute Gasteiger partial charge is 0.343 e. The Kier molecular flexibility index (Phi) is 4.69.